The van der Waals surface area contributed by atoms with Crippen LogP contribution >= 0.6 is 0 Å². The van der Waals surface area contributed by atoms with Crippen molar-refractivity contribution in [3.05, 3.63) is 24.2 Å². The van der Waals surface area contributed by atoms with Crippen LogP contribution in [0.15, 0.2) is 24.2 Å². The summed E-state index contributed by atoms with van der Waals surface area (Å²) in [5.74, 6) is 2.08. The first-order chi connectivity index (χ1) is 7.47. The molecule has 3 rings (SSSR count). The molecule has 0 spiro atoms. The number of hydrogen-bond donors (Lipinski definition) is 0. The monoisotopic (exact) mass is 206 g/mol. The highest BCUT2D eigenvalue weighted by Gasteiger charge is 2.24. The molecule has 2 aliphatic carbocycles. The number of allylic oxidation sites excluding steroid dienone is 3. The van der Waals surface area contributed by atoms with Gasteiger partial charge in [0.15, 0.2) is 0 Å². The highest BCUT2D eigenvalue weighted by molar-refractivity contribution is 5.08. The Balaban J connectivity index is 0.000000124. The SMILES string of the molecule is C1=C(C2CCCCC2)O1.C1=CCCCC1. The third-order valence-electron chi connectivity index (χ3n) is 3.42. The van der Waals surface area contributed by atoms with Gasteiger partial charge in [0.2, 0.25) is 0 Å². The largest absolute Gasteiger partial charge is 0.462 e. The van der Waals surface area contributed by atoms with Crippen molar-refractivity contribution in [2.45, 2.75) is 57.8 Å². The van der Waals surface area contributed by atoms with Crippen molar-refractivity contribution in [2.75, 3.05) is 0 Å². The van der Waals surface area contributed by atoms with E-state index in [4.69, 9.17) is 4.74 Å². The molecule has 0 bridgehead atoms. The van der Waals surface area contributed by atoms with E-state index in [1.54, 1.807) is 0 Å². The molecule has 15 heavy (non-hydrogen) atoms. The van der Waals surface area contributed by atoms with Crippen LogP contribution in [0.1, 0.15) is 57.8 Å². The average molecular weight is 206 g/mol. The Morgan fingerprint density at radius 3 is 1.87 bits per heavy atom. The van der Waals surface area contributed by atoms with E-state index in [0.717, 1.165) is 5.92 Å². The number of rotatable bonds is 1. The fraction of sp³-hybridized carbons (Fsp3) is 0.714. The van der Waals surface area contributed by atoms with Gasteiger partial charge in [-0.15, -0.1) is 0 Å². The molecule has 1 saturated carbocycles. The fourth-order valence-electron chi connectivity index (χ4n) is 2.37. The highest BCUT2D eigenvalue weighted by atomic mass is 16.5. The van der Waals surface area contributed by atoms with Gasteiger partial charge < -0.3 is 4.74 Å². The van der Waals surface area contributed by atoms with Crippen LogP contribution in [0.5, 0.6) is 0 Å². The molecule has 0 aromatic heterocycles. The van der Waals surface area contributed by atoms with E-state index in [2.05, 4.69) is 12.2 Å². The van der Waals surface area contributed by atoms with Crippen molar-refractivity contribution in [3.8, 4) is 0 Å². The maximum atomic E-state index is 5.04. The second-order valence-electron chi connectivity index (χ2n) is 4.73. The van der Waals surface area contributed by atoms with E-state index in [0.29, 0.717) is 0 Å². The Kier molecular flexibility index (Phi) is 4.31. The summed E-state index contributed by atoms with van der Waals surface area (Å²) in [6, 6.07) is 0. The number of hydrogen-bond acceptors (Lipinski definition) is 1. The first kappa shape index (κ1) is 10.8. The van der Waals surface area contributed by atoms with Crippen molar-refractivity contribution in [3.63, 3.8) is 0 Å². The standard InChI is InChI=1S/C8H12O.C6H10/c1-2-4-7(5-3-1)8-6-9-8;1-2-4-6-5-3-1/h6-7H,1-5H2;1-2H,3-6H2. The first-order valence-electron chi connectivity index (χ1n) is 6.48. The smallest absolute Gasteiger partial charge is 0.141 e. The van der Waals surface area contributed by atoms with E-state index in [1.165, 1.54) is 63.5 Å². The zero-order valence-electron chi connectivity index (χ0n) is 9.58. The first-order valence-corrected chi connectivity index (χ1v) is 6.48. The molecule has 1 heteroatoms. The lowest BCUT2D eigenvalue weighted by molar-refractivity contribution is 0.340. The molecule has 0 N–H and O–H groups in total. The van der Waals surface area contributed by atoms with Gasteiger partial charge in [0.1, 0.15) is 12.0 Å². The minimum atomic E-state index is 0.804. The van der Waals surface area contributed by atoms with Gasteiger partial charge in [0.05, 0.1) is 0 Å². The molecule has 0 aromatic rings. The topological polar surface area (TPSA) is 12.5 Å². The van der Waals surface area contributed by atoms with Gasteiger partial charge in [-0.2, -0.15) is 0 Å². The second kappa shape index (κ2) is 5.99. The molecule has 0 saturated heterocycles. The summed E-state index contributed by atoms with van der Waals surface area (Å²) in [7, 11) is 0. The molecule has 0 radical (unpaired) electrons. The third-order valence-corrected chi connectivity index (χ3v) is 3.42. The van der Waals surface area contributed by atoms with Crippen molar-refractivity contribution in [2.24, 2.45) is 5.92 Å². The van der Waals surface area contributed by atoms with Crippen LogP contribution in [-0.4, -0.2) is 0 Å². The number of ether oxygens (including phenoxy) is 1. The van der Waals surface area contributed by atoms with Gasteiger partial charge in [0.25, 0.3) is 0 Å². The molecule has 1 fully saturated rings. The quantitative estimate of drug-likeness (QED) is 0.573. The second-order valence-corrected chi connectivity index (χ2v) is 4.73. The lowest BCUT2D eigenvalue weighted by Gasteiger charge is -2.16. The van der Waals surface area contributed by atoms with Crippen LogP contribution < -0.4 is 0 Å². The van der Waals surface area contributed by atoms with Crippen molar-refractivity contribution >= 4 is 0 Å². The molecule has 0 atom stereocenters. The molecule has 1 heterocycles. The Bertz CT molecular complexity index is 226. The Morgan fingerprint density at radius 2 is 1.47 bits per heavy atom. The molecule has 0 aromatic carbocycles. The normalized spacial score (nSPS) is 24.7. The molecule has 84 valence electrons. The Hall–Kier alpha value is -0.720. The van der Waals surface area contributed by atoms with Crippen molar-refractivity contribution < 1.29 is 4.74 Å². The van der Waals surface area contributed by atoms with Crippen LogP contribution in [0.4, 0.5) is 0 Å². The summed E-state index contributed by atoms with van der Waals surface area (Å²) in [4.78, 5) is 0. The van der Waals surface area contributed by atoms with Crippen LogP contribution in [0.2, 0.25) is 0 Å². The van der Waals surface area contributed by atoms with E-state index < -0.39 is 0 Å². The fourth-order valence-corrected chi connectivity index (χ4v) is 2.37. The van der Waals surface area contributed by atoms with Gasteiger partial charge in [-0.25, -0.2) is 0 Å². The van der Waals surface area contributed by atoms with Crippen LogP contribution in [0.25, 0.3) is 0 Å². The van der Waals surface area contributed by atoms with Crippen LogP contribution in [0.3, 0.4) is 0 Å². The van der Waals surface area contributed by atoms with Crippen molar-refractivity contribution in [1.82, 2.24) is 0 Å². The molecule has 0 unspecified atom stereocenters. The molecule has 1 nitrogen and oxygen atoms in total. The maximum Gasteiger partial charge on any atom is 0.141 e. The lowest BCUT2D eigenvalue weighted by atomic mass is 9.89. The summed E-state index contributed by atoms with van der Waals surface area (Å²) in [5.41, 5.74) is 0. The Morgan fingerprint density at radius 1 is 0.867 bits per heavy atom. The third kappa shape index (κ3) is 4.11. The average Bonchev–Trinajstić information content (AvgIpc) is 3.17. The molecule has 0 amide bonds. The van der Waals surface area contributed by atoms with Gasteiger partial charge in [-0.05, 0) is 38.5 Å². The molecule has 3 aliphatic rings. The zero-order valence-corrected chi connectivity index (χ0v) is 9.58. The van der Waals surface area contributed by atoms with E-state index in [1.807, 2.05) is 6.26 Å². The molecular formula is C14H22O. The lowest BCUT2D eigenvalue weighted by Crippen LogP contribution is -2.04. The summed E-state index contributed by atoms with van der Waals surface area (Å²) in [5, 5.41) is 0. The van der Waals surface area contributed by atoms with E-state index >= 15 is 0 Å². The minimum Gasteiger partial charge on any atom is -0.462 e. The summed E-state index contributed by atoms with van der Waals surface area (Å²) in [6.07, 6.45) is 18.9. The van der Waals surface area contributed by atoms with Gasteiger partial charge in [-0.1, -0.05) is 31.4 Å². The Labute approximate surface area is 93.2 Å². The predicted octanol–water partition coefficient (Wildman–Crippen LogP) is 4.55. The van der Waals surface area contributed by atoms with E-state index in [9.17, 15) is 0 Å². The van der Waals surface area contributed by atoms with E-state index in [-0.39, 0.29) is 0 Å². The summed E-state index contributed by atoms with van der Waals surface area (Å²) >= 11 is 0. The van der Waals surface area contributed by atoms with Gasteiger partial charge in [-0.3, -0.25) is 0 Å². The predicted molar refractivity (Wildman–Crippen MR) is 63.4 cm³/mol. The van der Waals surface area contributed by atoms with Crippen molar-refractivity contribution in [1.29, 1.82) is 0 Å². The van der Waals surface area contributed by atoms with Crippen LogP contribution in [0, 0.1) is 5.92 Å². The summed E-state index contributed by atoms with van der Waals surface area (Å²) < 4.78 is 5.04. The maximum absolute atomic E-state index is 5.04. The van der Waals surface area contributed by atoms with Gasteiger partial charge >= 0.3 is 0 Å². The van der Waals surface area contributed by atoms with Crippen LogP contribution in [-0.2, 0) is 4.74 Å². The summed E-state index contributed by atoms with van der Waals surface area (Å²) in [6.45, 7) is 0. The van der Waals surface area contributed by atoms with Gasteiger partial charge in [0, 0.05) is 5.92 Å². The molecular weight excluding hydrogens is 184 g/mol. The highest BCUT2D eigenvalue weighted by Crippen LogP contribution is 2.35. The molecule has 1 aliphatic heterocycles. The minimum absolute atomic E-state index is 0.804. The zero-order chi connectivity index (χ0) is 10.3.